The van der Waals surface area contributed by atoms with Crippen molar-refractivity contribution in [3.05, 3.63) is 53.9 Å². The number of rotatable bonds is 8. The third-order valence-corrected chi connectivity index (χ3v) is 4.48. The molecule has 8 heteroatoms. The van der Waals surface area contributed by atoms with Gasteiger partial charge in [0.1, 0.15) is 5.60 Å². The Bertz CT molecular complexity index is 729. The molecule has 28 heavy (non-hydrogen) atoms. The maximum Gasteiger partial charge on any atom is 0.191 e. The molecule has 2 aromatic rings. The summed E-state index contributed by atoms with van der Waals surface area (Å²) < 4.78 is 1.81. The maximum absolute atomic E-state index is 10.8. The van der Waals surface area contributed by atoms with E-state index in [0.717, 1.165) is 17.7 Å². The minimum absolute atomic E-state index is 0. The number of aryl methyl sites for hydroxylation is 1. The van der Waals surface area contributed by atoms with E-state index in [1.54, 1.807) is 6.92 Å². The number of hydrogen-bond donors (Lipinski definition) is 3. The summed E-state index contributed by atoms with van der Waals surface area (Å²) >= 11 is 0. The van der Waals surface area contributed by atoms with Crippen molar-refractivity contribution in [2.24, 2.45) is 12.0 Å². The Balaban J connectivity index is 0.00000392. The predicted octanol–water partition coefficient (Wildman–Crippen LogP) is 2.10. The molecule has 0 amide bonds. The molecule has 1 heterocycles. The molecular weight excluding hydrogens is 467 g/mol. The summed E-state index contributed by atoms with van der Waals surface area (Å²) in [5.41, 5.74) is 0.974. The van der Waals surface area contributed by atoms with Gasteiger partial charge in [-0.3, -0.25) is 4.68 Å². The number of halogens is 1. The average Bonchev–Trinajstić information content (AvgIpc) is 3.06. The molecule has 2 atom stereocenters. The van der Waals surface area contributed by atoms with Crippen LogP contribution in [0.5, 0.6) is 0 Å². The Labute approximate surface area is 185 Å². The first kappa shape index (κ1) is 24.4. The molecule has 0 saturated carbocycles. The molecular formula is C20H33IN6O. The lowest BCUT2D eigenvalue weighted by atomic mass is 9.96. The molecule has 0 radical (unpaired) electrons. The van der Waals surface area contributed by atoms with Crippen LogP contribution in [0.3, 0.4) is 0 Å². The van der Waals surface area contributed by atoms with Crippen LogP contribution in [0.15, 0.2) is 47.7 Å². The Morgan fingerprint density at radius 2 is 1.96 bits per heavy atom. The molecule has 1 aromatic heterocycles. The van der Waals surface area contributed by atoms with Crippen LogP contribution >= 0.6 is 24.0 Å². The standard InChI is InChI=1S/C20H32N6O.HI/c1-6-21-19(23-15-20(2,27)17-10-8-7-9-11-17)22-13-18(25(3)4)16-12-24-26(5)14-16;/h7-12,14,18,27H,6,13,15H2,1-5H3,(H2,21,22,23);1H. The Morgan fingerprint density at radius 1 is 1.29 bits per heavy atom. The minimum atomic E-state index is -1.02. The summed E-state index contributed by atoms with van der Waals surface area (Å²) in [6.45, 7) is 5.51. The van der Waals surface area contributed by atoms with Gasteiger partial charge in [0.05, 0.1) is 18.8 Å². The van der Waals surface area contributed by atoms with E-state index in [2.05, 4.69) is 25.6 Å². The van der Waals surface area contributed by atoms with Crippen LogP contribution in [0.4, 0.5) is 0 Å². The molecule has 7 nitrogen and oxygen atoms in total. The van der Waals surface area contributed by atoms with E-state index < -0.39 is 5.60 Å². The first-order valence-corrected chi connectivity index (χ1v) is 9.28. The molecule has 0 aliphatic heterocycles. The molecule has 0 bridgehead atoms. The molecule has 2 rings (SSSR count). The van der Waals surface area contributed by atoms with Gasteiger partial charge in [-0.15, -0.1) is 24.0 Å². The molecule has 3 N–H and O–H groups in total. The number of aromatic nitrogens is 2. The van der Waals surface area contributed by atoms with Crippen molar-refractivity contribution >= 4 is 29.9 Å². The highest BCUT2D eigenvalue weighted by Gasteiger charge is 2.23. The average molecular weight is 500 g/mol. The first-order valence-electron chi connectivity index (χ1n) is 9.28. The van der Waals surface area contributed by atoms with Crippen LogP contribution in [0.2, 0.25) is 0 Å². The topological polar surface area (TPSA) is 77.7 Å². The van der Waals surface area contributed by atoms with Gasteiger partial charge < -0.3 is 20.6 Å². The van der Waals surface area contributed by atoms with E-state index in [9.17, 15) is 5.11 Å². The quantitative estimate of drug-likeness (QED) is 0.294. The molecule has 0 fully saturated rings. The number of aliphatic hydroxyl groups is 1. The van der Waals surface area contributed by atoms with Crippen molar-refractivity contribution in [2.75, 3.05) is 33.7 Å². The molecule has 0 aliphatic rings. The van der Waals surface area contributed by atoms with Crippen LogP contribution < -0.4 is 10.6 Å². The van der Waals surface area contributed by atoms with Crippen molar-refractivity contribution in [1.82, 2.24) is 25.3 Å². The fourth-order valence-corrected chi connectivity index (χ4v) is 2.87. The van der Waals surface area contributed by atoms with E-state index in [1.807, 2.05) is 75.5 Å². The highest BCUT2D eigenvalue weighted by atomic mass is 127. The van der Waals surface area contributed by atoms with Gasteiger partial charge in [0, 0.05) is 31.9 Å². The monoisotopic (exact) mass is 500 g/mol. The SMILES string of the molecule is CCNC(=NCC(C)(O)c1ccccc1)NCC(c1cnn(C)c1)N(C)C.I. The summed E-state index contributed by atoms with van der Waals surface area (Å²) in [7, 11) is 6.01. The van der Waals surface area contributed by atoms with E-state index in [-0.39, 0.29) is 36.6 Å². The fraction of sp³-hybridized carbons (Fsp3) is 0.500. The third-order valence-electron chi connectivity index (χ3n) is 4.48. The second-order valence-corrected chi connectivity index (χ2v) is 7.14. The highest BCUT2D eigenvalue weighted by molar-refractivity contribution is 14.0. The first-order chi connectivity index (χ1) is 12.8. The summed E-state index contributed by atoms with van der Waals surface area (Å²) in [5.74, 6) is 0.685. The van der Waals surface area contributed by atoms with Crippen molar-refractivity contribution in [3.8, 4) is 0 Å². The van der Waals surface area contributed by atoms with Gasteiger partial charge >= 0.3 is 0 Å². The molecule has 0 saturated heterocycles. The van der Waals surface area contributed by atoms with E-state index >= 15 is 0 Å². The molecule has 0 aliphatic carbocycles. The smallest absolute Gasteiger partial charge is 0.191 e. The lowest BCUT2D eigenvalue weighted by Gasteiger charge is -2.25. The summed E-state index contributed by atoms with van der Waals surface area (Å²) in [4.78, 5) is 6.74. The number of nitrogens with zero attached hydrogens (tertiary/aromatic N) is 4. The number of aliphatic imine (C=N–C) groups is 1. The third kappa shape index (κ3) is 7.06. The molecule has 2 unspecified atom stereocenters. The fourth-order valence-electron chi connectivity index (χ4n) is 2.87. The van der Waals surface area contributed by atoms with E-state index in [4.69, 9.17) is 0 Å². The summed E-state index contributed by atoms with van der Waals surface area (Å²) in [5, 5.41) is 21.7. The number of likely N-dealkylation sites (N-methyl/N-ethyl adjacent to an activating group) is 1. The van der Waals surface area contributed by atoms with Crippen molar-refractivity contribution in [1.29, 1.82) is 0 Å². The van der Waals surface area contributed by atoms with Gasteiger partial charge in [-0.1, -0.05) is 30.3 Å². The summed E-state index contributed by atoms with van der Waals surface area (Å²) in [6.07, 6.45) is 3.91. The normalized spacial score (nSPS) is 14.9. The number of benzene rings is 1. The van der Waals surface area contributed by atoms with Gasteiger partial charge in [0.15, 0.2) is 5.96 Å². The van der Waals surface area contributed by atoms with Crippen LogP contribution in [-0.4, -0.2) is 59.5 Å². The van der Waals surface area contributed by atoms with E-state index in [0.29, 0.717) is 12.5 Å². The van der Waals surface area contributed by atoms with E-state index in [1.165, 1.54) is 0 Å². The zero-order valence-corrected chi connectivity index (χ0v) is 19.7. The van der Waals surface area contributed by atoms with Gasteiger partial charge in [0.2, 0.25) is 0 Å². The molecule has 156 valence electrons. The maximum atomic E-state index is 10.8. The van der Waals surface area contributed by atoms with Crippen molar-refractivity contribution in [2.45, 2.75) is 25.5 Å². The number of guanidine groups is 1. The van der Waals surface area contributed by atoms with Crippen LogP contribution in [0, 0.1) is 0 Å². The van der Waals surface area contributed by atoms with Crippen molar-refractivity contribution < 1.29 is 5.11 Å². The molecule has 1 aromatic carbocycles. The largest absolute Gasteiger partial charge is 0.384 e. The van der Waals surface area contributed by atoms with Crippen LogP contribution in [-0.2, 0) is 12.6 Å². The Hall–Kier alpha value is -1.65. The van der Waals surface area contributed by atoms with Crippen LogP contribution in [0.25, 0.3) is 0 Å². The van der Waals surface area contributed by atoms with Gasteiger partial charge in [-0.25, -0.2) is 4.99 Å². The summed E-state index contributed by atoms with van der Waals surface area (Å²) in [6, 6.07) is 9.78. The minimum Gasteiger partial charge on any atom is -0.384 e. The lowest BCUT2D eigenvalue weighted by Crippen LogP contribution is -2.42. The van der Waals surface area contributed by atoms with Crippen molar-refractivity contribution in [3.63, 3.8) is 0 Å². The second-order valence-electron chi connectivity index (χ2n) is 7.14. The van der Waals surface area contributed by atoms with Gasteiger partial charge in [0.25, 0.3) is 0 Å². The number of nitrogens with one attached hydrogen (secondary N) is 2. The predicted molar refractivity (Wildman–Crippen MR) is 125 cm³/mol. The highest BCUT2D eigenvalue weighted by Crippen LogP contribution is 2.20. The Morgan fingerprint density at radius 3 is 2.50 bits per heavy atom. The second kappa shape index (κ2) is 11.4. The van der Waals surface area contributed by atoms with Crippen LogP contribution in [0.1, 0.15) is 31.0 Å². The van der Waals surface area contributed by atoms with Gasteiger partial charge in [-0.2, -0.15) is 5.10 Å². The Kier molecular flexibility index (Phi) is 9.91. The number of hydrogen-bond acceptors (Lipinski definition) is 4. The van der Waals surface area contributed by atoms with Gasteiger partial charge in [-0.05, 0) is 33.5 Å². The molecule has 0 spiro atoms. The zero-order valence-electron chi connectivity index (χ0n) is 17.4. The zero-order chi connectivity index (χ0) is 19.9. The lowest BCUT2D eigenvalue weighted by molar-refractivity contribution is 0.0672.